The molecule has 1 aliphatic heterocycles. The molecule has 6 heteroatoms. The van der Waals surface area contributed by atoms with E-state index in [0.29, 0.717) is 17.9 Å². The third kappa shape index (κ3) is 4.16. The maximum atomic E-state index is 12.3. The van der Waals surface area contributed by atoms with Gasteiger partial charge in [-0.1, -0.05) is 18.2 Å². The summed E-state index contributed by atoms with van der Waals surface area (Å²) < 4.78 is 0. The fraction of sp³-hybridized carbons (Fsp3) is 0.286. The Balaban J connectivity index is 1.74. The molecule has 0 saturated heterocycles. The van der Waals surface area contributed by atoms with E-state index in [1.807, 2.05) is 38.1 Å². The molecule has 3 amide bonds. The minimum Gasteiger partial charge on any atom is -0.318 e. The first-order valence-corrected chi connectivity index (χ1v) is 8.96. The Hall–Kier alpha value is -3.15. The summed E-state index contributed by atoms with van der Waals surface area (Å²) in [4.78, 5) is 38.1. The average Bonchev–Trinajstić information content (AvgIpc) is 2.63. The topological polar surface area (TPSA) is 78.5 Å². The normalized spacial score (nSPS) is 12.9. The predicted octanol–water partition coefficient (Wildman–Crippen LogP) is 3.18. The summed E-state index contributed by atoms with van der Waals surface area (Å²) in [6.45, 7) is 5.97. The van der Waals surface area contributed by atoms with Gasteiger partial charge in [-0.15, -0.1) is 0 Å². The zero-order valence-corrected chi connectivity index (χ0v) is 15.8. The smallest absolute Gasteiger partial charge is 0.314 e. The number of amides is 3. The molecule has 2 N–H and O–H groups in total. The van der Waals surface area contributed by atoms with E-state index < -0.39 is 11.8 Å². The lowest BCUT2D eigenvalue weighted by Gasteiger charge is -2.29. The maximum Gasteiger partial charge on any atom is 0.314 e. The molecule has 0 fully saturated rings. The van der Waals surface area contributed by atoms with Crippen LogP contribution in [0.4, 0.5) is 17.1 Å². The second-order valence-corrected chi connectivity index (χ2v) is 6.84. The van der Waals surface area contributed by atoms with Gasteiger partial charge in [-0.3, -0.25) is 14.4 Å². The molecule has 2 aromatic rings. The molecular weight excluding hydrogens is 342 g/mol. The fourth-order valence-electron chi connectivity index (χ4n) is 3.22. The first kappa shape index (κ1) is 18.6. The molecule has 0 atom stereocenters. The van der Waals surface area contributed by atoms with E-state index in [-0.39, 0.29) is 5.91 Å². The number of nitrogens with one attached hydrogen (secondary N) is 2. The molecule has 0 radical (unpaired) electrons. The Morgan fingerprint density at radius 3 is 2.44 bits per heavy atom. The van der Waals surface area contributed by atoms with Crippen LogP contribution in [0.5, 0.6) is 0 Å². The van der Waals surface area contributed by atoms with E-state index in [9.17, 15) is 14.4 Å². The molecular formula is C21H23N3O3. The van der Waals surface area contributed by atoms with Gasteiger partial charge in [0.05, 0.1) is 0 Å². The van der Waals surface area contributed by atoms with E-state index in [1.54, 1.807) is 17.0 Å². The SMILES string of the molecule is CC(=O)N1CCCc2ccc(NC(=O)C(=O)Nc3cc(C)ccc3C)cc21. The van der Waals surface area contributed by atoms with Crippen LogP contribution in [0.25, 0.3) is 0 Å². The Morgan fingerprint density at radius 1 is 0.963 bits per heavy atom. The standard InChI is InChI=1S/C21H23N3O3/c1-13-6-7-14(2)18(11-13)23-21(27)20(26)22-17-9-8-16-5-4-10-24(15(3)25)19(16)12-17/h6-9,11-12H,4-5,10H2,1-3H3,(H,22,26)(H,23,27). The summed E-state index contributed by atoms with van der Waals surface area (Å²) in [7, 11) is 0. The van der Waals surface area contributed by atoms with Crippen LogP contribution in [0.2, 0.25) is 0 Å². The molecule has 27 heavy (non-hydrogen) atoms. The molecule has 0 spiro atoms. The maximum absolute atomic E-state index is 12.3. The summed E-state index contributed by atoms with van der Waals surface area (Å²) in [5, 5.41) is 5.26. The highest BCUT2D eigenvalue weighted by molar-refractivity contribution is 6.43. The monoisotopic (exact) mass is 365 g/mol. The molecule has 0 aromatic heterocycles. The average molecular weight is 365 g/mol. The molecule has 2 aromatic carbocycles. The molecule has 1 aliphatic rings. The van der Waals surface area contributed by atoms with Crippen LogP contribution in [0.15, 0.2) is 36.4 Å². The van der Waals surface area contributed by atoms with Crippen LogP contribution in [-0.4, -0.2) is 24.3 Å². The van der Waals surface area contributed by atoms with E-state index in [0.717, 1.165) is 35.2 Å². The van der Waals surface area contributed by atoms with Gasteiger partial charge < -0.3 is 15.5 Å². The molecule has 0 aliphatic carbocycles. The lowest BCUT2D eigenvalue weighted by Crippen LogP contribution is -2.34. The third-order valence-electron chi connectivity index (χ3n) is 4.69. The largest absolute Gasteiger partial charge is 0.318 e. The van der Waals surface area contributed by atoms with Gasteiger partial charge in [-0.2, -0.15) is 0 Å². The van der Waals surface area contributed by atoms with Gasteiger partial charge in [0, 0.05) is 30.5 Å². The van der Waals surface area contributed by atoms with Crippen molar-refractivity contribution in [3.63, 3.8) is 0 Å². The quantitative estimate of drug-likeness (QED) is 0.803. The highest BCUT2D eigenvalue weighted by Gasteiger charge is 2.21. The zero-order chi connectivity index (χ0) is 19.6. The number of hydrogen-bond donors (Lipinski definition) is 2. The van der Waals surface area contributed by atoms with Crippen LogP contribution >= 0.6 is 0 Å². The Labute approximate surface area is 158 Å². The van der Waals surface area contributed by atoms with E-state index in [4.69, 9.17) is 0 Å². The minimum absolute atomic E-state index is 0.0351. The number of carbonyl (C=O) groups is 3. The van der Waals surface area contributed by atoms with E-state index >= 15 is 0 Å². The number of carbonyl (C=O) groups excluding carboxylic acids is 3. The van der Waals surface area contributed by atoms with Crippen molar-refractivity contribution in [2.24, 2.45) is 0 Å². The second-order valence-electron chi connectivity index (χ2n) is 6.84. The molecule has 1 heterocycles. The van der Waals surface area contributed by atoms with Gasteiger partial charge in [-0.25, -0.2) is 0 Å². The predicted molar refractivity (Wildman–Crippen MR) is 106 cm³/mol. The Morgan fingerprint density at radius 2 is 1.70 bits per heavy atom. The van der Waals surface area contributed by atoms with E-state index in [2.05, 4.69) is 10.6 Å². The van der Waals surface area contributed by atoms with Crippen molar-refractivity contribution in [2.75, 3.05) is 22.1 Å². The molecule has 0 bridgehead atoms. The number of hydrogen-bond acceptors (Lipinski definition) is 3. The summed E-state index contributed by atoms with van der Waals surface area (Å²) in [5.74, 6) is -1.52. The van der Waals surface area contributed by atoms with Crippen LogP contribution in [0.3, 0.4) is 0 Å². The lowest BCUT2D eigenvalue weighted by atomic mass is 10.0. The number of aryl methyl sites for hydroxylation is 3. The summed E-state index contributed by atoms with van der Waals surface area (Å²) in [6, 6.07) is 11.1. The van der Waals surface area contributed by atoms with Gasteiger partial charge in [-0.05, 0) is 61.6 Å². The lowest BCUT2D eigenvalue weighted by molar-refractivity contribution is -0.133. The van der Waals surface area contributed by atoms with Crippen molar-refractivity contribution in [1.29, 1.82) is 0 Å². The highest BCUT2D eigenvalue weighted by atomic mass is 16.2. The Kier molecular flexibility index (Phi) is 5.26. The number of benzene rings is 2. The van der Waals surface area contributed by atoms with Crippen LogP contribution < -0.4 is 15.5 Å². The van der Waals surface area contributed by atoms with Crippen molar-refractivity contribution in [3.8, 4) is 0 Å². The van der Waals surface area contributed by atoms with Crippen LogP contribution in [-0.2, 0) is 20.8 Å². The second kappa shape index (κ2) is 7.61. The van der Waals surface area contributed by atoms with Gasteiger partial charge in [0.25, 0.3) is 0 Å². The fourth-order valence-corrected chi connectivity index (χ4v) is 3.22. The van der Waals surface area contributed by atoms with Gasteiger partial charge >= 0.3 is 11.8 Å². The van der Waals surface area contributed by atoms with Gasteiger partial charge in [0.2, 0.25) is 5.91 Å². The Bertz CT molecular complexity index is 921. The van der Waals surface area contributed by atoms with Crippen molar-refractivity contribution in [1.82, 2.24) is 0 Å². The van der Waals surface area contributed by atoms with Crippen molar-refractivity contribution in [3.05, 3.63) is 53.1 Å². The number of nitrogens with zero attached hydrogens (tertiary/aromatic N) is 1. The number of anilines is 3. The van der Waals surface area contributed by atoms with Crippen LogP contribution in [0, 0.1) is 13.8 Å². The van der Waals surface area contributed by atoms with Crippen molar-refractivity contribution >= 4 is 34.8 Å². The first-order valence-electron chi connectivity index (χ1n) is 8.96. The summed E-state index contributed by atoms with van der Waals surface area (Å²) in [6.07, 6.45) is 1.80. The van der Waals surface area contributed by atoms with Crippen molar-refractivity contribution in [2.45, 2.75) is 33.6 Å². The third-order valence-corrected chi connectivity index (χ3v) is 4.69. The number of fused-ring (bicyclic) bond motifs is 1. The van der Waals surface area contributed by atoms with Crippen LogP contribution in [0.1, 0.15) is 30.0 Å². The highest BCUT2D eigenvalue weighted by Crippen LogP contribution is 2.30. The number of rotatable bonds is 2. The zero-order valence-electron chi connectivity index (χ0n) is 15.8. The molecule has 3 rings (SSSR count). The van der Waals surface area contributed by atoms with Gasteiger partial charge in [0.1, 0.15) is 0 Å². The summed E-state index contributed by atoms with van der Waals surface area (Å²) >= 11 is 0. The minimum atomic E-state index is -0.749. The molecule has 0 saturated carbocycles. The van der Waals surface area contributed by atoms with E-state index in [1.165, 1.54) is 6.92 Å². The molecule has 0 unspecified atom stereocenters. The van der Waals surface area contributed by atoms with Crippen molar-refractivity contribution < 1.29 is 14.4 Å². The molecule has 140 valence electrons. The molecule has 6 nitrogen and oxygen atoms in total. The van der Waals surface area contributed by atoms with Gasteiger partial charge in [0.15, 0.2) is 0 Å². The first-order chi connectivity index (χ1) is 12.8. The summed E-state index contributed by atoms with van der Waals surface area (Å²) in [5.41, 5.74) is 4.84.